The number of hydrogen-bond acceptors (Lipinski definition) is 5. The summed E-state index contributed by atoms with van der Waals surface area (Å²) in [6.45, 7) is 3.77. The van der Waals surface area contributed by atoms with Crippen LogP contribution in [0.25, 0.3) is 0 Å². The summed E-state index contributed by atoms with van der Waals surface area (Å²) in [5, 5.41) is 3.10. The first-order chi connectivity index (χ1) is 10.0. The minimum atomic E-state index is -0.520. The molecule has 0 aliphatic carbocycles. The van der Waals surface area contributed by atoms with Gasteiger partial charge in [0, 0.05) is 6.20 Å². The van der Waals surface area contributed by atoms with E-state index in [1.54, 1.807) is 26.0 Å². The Morgan fingerprint density at radius 2 is 2.19 bits per heavy atom. The molecule has 0 fully saturated rings. The molecule has 0 bridgehead atoms. The monoisotopic (exact) mass is 306 g/mol. The van der Waals surface area contributed by atoms with Gasteiger partial charge in [0.1, 0.15) is 10.4 Å². The van der Waals surface area contributed by atoms with E-state index in [1.807, 2.05) is 0 Å². The lowest BCUT2D eigenvalue weighted by Gasteiger charge is -2.01. The minimum Gasteiger partial charge on any atom is -0.462 e. The number of nitrogens with one attached hydrogen (secondary N) is 2. The second kappa shape index (κ2) is 6.36. The number of pyridine rings is 1. The van der Waals surface area contributed by atoms with Crippen LogP contribution in [0.4, 0.5) is 5.00 Å². The number of esters is 1. The Morgan fingerprint density at radius 1 is 1.43 bits per heavy atom. The van der Waals surface area contributed by atoms with E-state index in [-0.39, 0.29) is 12.2 Å². The van der Waals surface area contributed by atoms with Gasteiger partial charge in [0.05, 0.1) is 11.6 Å². The number of aromatic nitrogens is 1. The fourth-order valence-corrected chi connectivity index (χ4v) is 2.68. The van der Waals surface area contributed by atoms with E-state index < -0.39 is 17.4 Å². The third-order valence-corrected chi connectivity index (χ3v) is 3.81. The molecular weight excluding hydrogens is 292 g/mol. The molecule has 2 N–H and O–H groups in total. The number of amides is 1. The van der Waals surface area contributed by atoms with Crippen LogP contribution in [-0.2, 0) is 4.74 Å². The SMILES string of the molecule is CCOC(=O)c1sc(NC(=O)c2ccc[nH]c2=O)cc1C. The molecule has 2 aromatic heterocycles. The van der Waals surface area contributed by atoms with Crippen LogP contribution in [0.2, 0.25) is 0 Å². The smallest absolute Gasteiger partial charge is 0.348 e. The van der Waals surface area contributed by atoms with Crippen LogP contribution < -0.4 is 10.9 Å². The summed E-state index contributed by atoms with van der Waals surface area (Å²) < 4.78 is 4.93. The van der Waals surface area contributed by atoms with E-state index >= 15 is 0 Å². The molecular formula is C14H14N2O4S. The van der Waals surface area contributed by atoms with E-state index in [4.69, 9.17) is 4.74 Å². The molecule has 0 aliphatic rings. The van der Waals surface area contributed by atoms with Crippen molar-refractivity contribution < 1.29 is 14.3 Å². The molecule has 0 saturated carbocycles. The number of thiophene rings is 1. The van der Waals surface area contributed by atoms with Gasteiger partial charge in [0.15, 0.2) is 0 Å². The van der Waals surface area contributed by atoms with Crippen LogP contribution >= 0.6 is 11.3 Å². The predicted molar refractivity (Wildman–Crippen MR) is 80.0 cm³/mol. The first-order valence-corrected chi connectivity index (χ1v) is 7.11. The quantitative estimate of drug-likeness (QED) is 0.847. The number of anilines is 1. The maximum atomic E-state index is 12.0. The fourth-order valence-electron chi connectivity index (χ4n) is 1.72. The van der Waals surface area contributed by atoms with Gasteiger partial charge in [-0.05, 0) is 37.6 Å². The number of carbonyl (C=O) groups excluding carboxylic acids is 2. The van der Waals surface area contributed by atoms with Gasteiger partial charge < -0.3 is 15.0 Å². The third kappa shape index (κ3) is 3.38. The molecule has 0 aromatic carbocycles. The highest BCUT2D eigenvalue weighted by atomic mass is 32.1. The maximum Gasteiger partial charge on any atom is 0.348 e. The molecule has 0 radical (unpaired) electrons. The first-order valence-electron chi connectivity index (χ1n) is 6.29. The molecule has 0 atom stereocenters. The summed E-state index contributed by atoms with van der Waals surface area (Å²) in [4.78, 5) is 38.1. The van der Waals surface area contributed by atoms with Crippen LogP contribution in [0.15, 0.2) is 29.2 Å². The van der Waals surface area contributed by atoms with Crippen molar-refractivity contribution in [2.24, 2.45) is 0 Å². The Labute approximate surface area is 124 Å². The van der Waals surface area contributed by atoms with E-state index in [9.17, 15) is 14.4 Å². The molecule has 2 aromatic rings. The molecule has 0 spiro atoms. The lowest BCUT2D eigenvalue weighted by molar-refractivity contribution is 0.0531. The van der Waals surface area contributed by atoms with Crippen LogP contribution in [0.5, 0.6) is 0 Å². The van der Waals surface area contributed by atoms with Gasteiger partial charge in [0.2, 0.25) is 0 Å². The average Bonchev–Trinajstić information content (AvgIpc) is 2.80. The lowest BCUT2D eigenvalue weighted by atomic mass is 10.2. The highest BCUT2D eigenvalue weighted by Gasteiger charge is 2.17. The zero-order valence-electron chi connectivity index (χ0n) is 11.6. The Hall–Kier alpha value is -2.41. The Kier molecular flexibility index (Phi) is 4.54. The van der Waals surface area contributed by atoms with Crippen molar-refractivity contribution in [1.82, 2.24) is 4.98 Å². The lowest BCUT2D eigenvalue weighted by Crippen LogP contribution is -2.22. The topological polar surface area (TPSA) is 88.3 Å². The molecule has 2 rings (SSSR count). The van der Waals surface area contributed by atoms with Crippen LogP contribution in [0.3, 0.4) is 0 Å². The van der Waals surface area contributed by atoms with Gasteiger partial charge in [0.25, 0.3) is 11.5 Å². The van der Waals surface area contributed by atoms with Crippen molar-refractivity contribution >= 4 is 28.2 Å². The zero-order valence-corrected chi connectivity index (χ0v) is 12.4. The summed E-state index contributed by atoms with van der Waals surface area (Å²) in [7, 11) is 0. The zero-order chi connectivity index (χ0) is 15.4. The second-order valence-electron chi connectivity index (χ2n) is 4.21. The van der Waals surface area contributed by atoms with E-state index in [0.717, 1.165) is 16.9 Å². The number of rotatable bonds is 4. The number of ether oxygens (including phenoxy) is 1. The van der Waals surface area contributed by atoms with Crippen LogP contribution in [0.1, 0.15) is 32.5 Å². The van der Waals surface area contributed by atoms with Crippen molar-refractivity contribution in [2.75, 3.05) is 11.9 Å². The van der Waals surface area contributed by atoms with Gasteiger partial charge in [-0.25, -0.2) is 4.79 Å². The number of H-pyrrole nitrogens is 1. The van der Waals surface area contributed by atoms with Gasteiger partial charge in [-0.1, -0.05) is 0 Å². The number of aryl methyl sites for hydroxylation is 1. The first kappa shape index (κ1) is 15.0. The molecule has 2 heterocycles. The summed E-state index contributed by atoms with van der Waals surface area (Å²) >= 11 is 1.12. The molecule has 7 heteroatoms. The third-order valence-electron chi connectivity index (χ3n) is 2.68. The van der Waals surface area contributed by atoms with Gasteiger partial charge >= 0.3 is 5.97 Å². The Morgan fingerprint density at radius 3 is 2.86 bits per heavy atom. The highest BCUT2D eigenvalue weighted by molar-refractivity contribution is 7.18. The van der Waals surface area contributed by atoms with E-state index in [0.29, 0.717) is 9.88 Å². The summed E-state index contributed by atoms with van der Waals surface area (Å²) in [5.74, 6) is -0.938. The number of aromatic amines is 1. The van der Waals surface area contributed by atoms with E-state index in [2.05, 4.69) is 10.3 Å². The number of hydrogen-bond donors (Lipinski definition) is 2. The van der Waals surface area contributed by atoms with Crippen LogP contribution in [0, 0.1) is 6.92 Å². The van der Waals surface area contributed by atoms with Crippen molar-refractivity contribution in [2.45, 2.75) is 13.8 Å². The minimum absolute atomic E-state index is 0.0150. The standard InChI is InChI=1S/C14H14N2O4S/c1-3-20-14(19)11-8(2)7-10(21-11)16-13(18)9-5-4-6-15-12(9)17/h4-7H,3H2,1-2H3,(H,15,17)(H,16,18). The molecule has 0 saturated heterocycles. The average molecular weight is 306 g/mol. The summed E-state index contributed by atoms with van der Waals surface area (Å²) in [6.07, 6.45) is 1.45. The predicted octanol–water partition coefficient (Wildman–Crippen LogP) is 2.17. The molecule has 6 nitrogen and oxygen atoms in total. The molecule has 21 heavy (non-hydrogen) atoms. The van der Waals surface area contributed by atoms with Gasteiger partial charge in [-0.15, -0.1) is 11.3 Å². The van der Waals surface area contributed by atoms with Gasteiger partial charge in [-0.2, -0.15) is 0 Å². The van der Waals surface area contributed by atoms with Crippen molar-refractivity contribution in [3.05, 3.63) is 50.8 Å². The Balaban J connectivity index is 2.19. The maximum absolute atomic E-state index is 12.0. The normalized spacial score (nSPS) is 10.2. The van der Waals surface area contributed by atoms with E-state index in [1.165, 1.54) is 12.3 Å². The molecule has 1 amide bonds. The van der Waals surface area contributed by atoms with Gasteiger partial charge in [-0.3, -0.25) is 9.59 Å². The highest BCUT2D eigenvalue weighted by Crippen LogP contribution is 2.27. The fraction of sp³-hybridized carbons (Fsp3) is 0.214. The number of carbonyl (C=O) groups is 2. The molecule has 0 unspecified atom stereocenters. The van der Waals surface area contributed by atoms with Crippen molar-refractivity contribution in [1.29, 1.82) is 0 Å². The summed E-state index contributed by atoms with van der Waals surface area (Å²) in [5.41, 5.74) is 0.269. The van der Waals surface area contributed by atoms with Crippen LogP contribution in [-0.4, -0.2) is 23.5 Å². The summed E-state index contributed by atoms with van der Waals surface area (Å²) in [6, 6.07) is 4.67. The second-order valence-corrected chi connectivity index (χ2v) is 5.26. The molecule has 110 valence electrons. The van der Waals surface area contributed by atoms with Crippen molar-refractivity contribution in [3.63, 3.8) is 0 Å². The Bertz CT molecular complexity index is 733. The van der Waals surface area contributed by atoms with Crippen molar-refractivity contribution in [3.8, 4) is 0 Å². The largest absolute Gasteiger partial charge is 0.462 e. The molecule has 0 aliphatic heterocycles.